The molecule has 0 aliphatic carbocycles. The number of benzene rings is 2. The summed E-state index contributed by atoms with van der Waals surface area (Å²) in [6.45, 7) is 1.85. The first kappa shape index (κ1) is 15.6. The van der Waals surface area contributed by atoms with Crippen molar-refractivity contribution in [3.05, 3.63) is 65.2 Å². The van der Waals surface area contributed by atoms with Gasteiger partial charge in [0, 0.05) is 9.92 Å². The molecule has 2 aromatic carbocycles. The summed E-state index contributed by atoms with van der Waals surface area (Å²) < 4.78 is 0. The van der Waals surface area contributed by atoms with Crippen LogP contribution >= 0.6 is 23.4 Å². The fourth-order valence-corrected chi connectivity index (χ4v) is 2.69. The summed E-state index contributed by atoms with van der Waals surface area (Å²) in [5, 5.41) is 4.37. The van der Waals surface area contributed by atoms with Gasteiger partial charge in [-0.3, -0.25) is 4.79 Å². The molecule has 108 valence electrons. The first-order chi connectivity index (χ1) is 10.1. The lowest BCUT2D eigenvalue weighted by atomic mass is 10.2. The van der Waals surface area contributed by atoms with Gasteiger partial charge in [-0.25, -0.2) is 5.43 Å². The second-order valence-corrected chi connectivity index (χ2v) is 6.21. The zero-order valence-electron chi connectivity index (χ0n) is 11.5. The number of nitrogens with zero attached hydrogens (tertiary/aromatic N) is 1. The molecule has 2 rings (SSSR count). The van der Waals surface area contributed by atoms with Crippen molar-refractivity contribution in [1.82, 2.24) is 5.43 Å². The Balaban J connectivity index is 1.86. The minimum Gasteiger partial charge on any atom is -0.272 e. The molecule has 1 N–H and O–H groups in total. The predicted octanol–water partition coefficient (Wildman–Crippen LogP) is 3.97. The highest BCUT2D eigenvalue weighted by Gasteiger charge is 2.13. The molecule has 0 heterocycles. The van der Waals surface area contributed by atoms with Crippen LogP contribution < -0.4 is 5.43 Å². The van der Waals surface area contributed by atoms with Crippen LogP contribution in [-0.4, -0.2) is 17.4 Å². The van der Waals surface area contributed by atoms with E-state index in [4.69, 9.17) is 11.6 Å². The molecule has 1 atom stereocenters. The zero-order chi connectivity index (χ0) is 15.1. The minimum absolute atomic E-state index is 0.137. The normalized spacial score (nSPS) is 12.3. The predicted molar refractivity (Wildman–Crippen MR) is 88.9 cm³/mol. The number of hydrogen-bond donors (Lipinski definition) is 1. The molecule has 5 heteroatoms. The summed E-state index contributed by atoms with van der Waals surface area (Å²) in [5.74, 6) is -0.137. The molecular formula is C16H15ClN2OS. The minimum atomic E-state index is -0.219. The van der Waals surface area contributed by atoms with E-state index in [9.17, 15) is 4.79 Å². The number of rotatable bonds is 5. The standard InChI is InChI=1S/C16H15ClN2OS/c1-12(21-15-8-3-2-4-9-15)16(20)19-18-11-13-6-5-7-14(17)10-13/h2-12H,1H3,(H,19,20)/b18-11-/t12-/m0/s1. The average molecular weight is 319 g/mol. The SMILES string of the molecule is C[C@H](Sc1ccccc1)C(=O)N/N=C\c1cccc(Cl)c1. The van der Waals surface area contributed by atoms with Gasteiger partial charge in [0.15, 0.2) is 0 Å². The van der Waals surface area contributed by atoms with Gasteiger partial charge in [0.25, 0.3) is 5.91 Å². The Morgan fingerprint density at radius 2 is 2.00 bits per heavy atom. The van der Waals surface area contributed by atoms with Crippen molar-refractivity contribution in [1.29, 1.82) is 0 Å². The topological polar surface area (TPSA) is 41.5 Å². The van der Waals surface area contributed by atoms with Crippen LogP contribution in [0.2, 0.25) is 5.02 Å². The molecule has 0 aliphatic heterocycles. The van der Waals surface area contributed by atoms with Gasteiger partial charge in [-0.15, -0.1) is 11.8 Å². The number of halogens is 1. The van der Waals surface area contributed by atoms with Crippen LogP contribution in [0, 0.1) is 0 Å². The number of amides is 1. The molecular weight excluding hydrogens is 304 g/mol. The van der Waals surface area contributed by atoms with Crippen molar-refractivity contribution in [3.8, 4) is 0 Å². The molecule has 1 amide bonds. The van der Waals surface area contributed by atoms with Crippen molar-refractivity contribution in [3.63, 3.8) is 0 Å². The maximum atomic E-state index is 11.9. The van der Waals surface area contributed by atoms with Crippen molar-refractivity contribution in [2.24, 2.45) is 5.10 Å². The molecule has 0 aromatic heterocycles. The second-order valence-electron chi connectivity index (χ2n) is 4.36. The molecule has 0 unspecified atom stereocenters. The molecule has 0 saturated carbocycles. The van der Waals surface area contributed by atoms with Gasteiger partial charge in [-0.2, -0.15) is 5.10 Å². The molecule has 2 aromatic rings. The van der Waals surface area contributed by atoms with E-state index < -0.39 is 0 Å². The number of carbonyl (C=O) groups is 1. The van der Waals surface area contributed by atoms with Gasteiger partial charge < -0.3 is 0 Å². The molecule has 0 bridgehead atoms. The molecule has 0 fully saturated rings. The lowest BCUT2D eigenvalue weighted by molar-refractivity contribution is -0.120. The highest BCUT2D eigenvalue weighted by Crippen LogP contribution is 2.22. The van der Waals surface area contributed by atoms with Crippen LogP contribution in [0.25, 0.3) is 0 Å². The molecule has 0 spiro atoms. The van der Waals surface area contributed by atoms with Crippen LogP contribution in [0.5, 0.6) is 0 Å². The van der Waals surface area contributed by atoms with Crippen molar-refractivity contribution < 1.29 is 4.79 Å². The van der Waals surface area contributed by atoms with Crippen LogP contribution in [0.1, 0.15) is 12.5 Å². The Labute approximate surface area is 133 Å². The Morgan fingerprint density at radius 3 is 2.71 bits per heavy atom. The molecule has 21 heavy (non-hydrogen) atoms. The van der Waals surface area contributed by atoms with E-state index in [1.165, 1.54) is 11.8 Å². The summed E-state index contributed by atoms with van der Waals surface area (Å²) in [5.41, 5.74) is 3.38. The summed E-state index contributed by atoms with van der Waals surface area (Å²) in [4.78, 5) is 13.0. The number of carbonyl (C=O) groups excluding carboxylic acids is 1. The monoisotopic (exact) mass is 318 g/mol. The Morgan fingerprint density at radius 1 is 1.24 bits per heavy atom. The fourth-order valence-electron chi connectivity index (χ4n) is 1.60. The van der Waals surface area contributed by atoms with Crippen molar-refractivity contribution in [2.45, 2.75) is 17.1 Å². The number of nitrogens with one attached hydrogen (secondary N) is 1. The highest BCUT2D eigenvalue weighted by atomic mass is 35.5. The average Bonchev–Trinajstić information content (AvgIpc) is 2.48. The van der Waals surface area contributed by atoms with Crippen LogP contribution in [0.15, 0.2) is 64.6 Å². The Hall–Kier alpha value is -1.78. The number of hydrogen-bond acceptors (Lipinski definition) is 3. The first-order valence-electron chi connectivity index (χ1n) is 6.45. The van der Waals surface area contributed by atoms with Gasteiger partial charge in [-0.1, -0.05) is 41.9 Å². The van der Waals surface area contributed by atoms with Crippen LogP contribution in [-0.2, 0) is 4.79 Å². The molecule has 0 aliphatic rings. The summed E-state index contributed by atoms with van der Waals surface area (Å²) in [6.07, 6.45) is 1.57. The summed E-state index contributed by atoms with van der Waals surface area (Å²) >= 11 is 7.37. The third-order valence-electron chi connectivity index (χ3n) is 2.66. The van der Waals surface area contributed by atoms with Gasteiger partial charge in [-0.05, 0) is 36.8 Å². The quantitative estimate of drug-likeness (QED) is 0.515. The maximum Gasteiger partial charge on any atom is 0.253 e. The molecule has 3 nitrogen and oxygen atoms in total. The first-order valence-corrected chi connectivity index (χ1v) is 7.71. The van der Waals surface area contributed by atoms with Gasteiger partial charge in [0.2, 0.25) is 0 Å². The van der Waals surface area contributed by atoms with E-state index in [-0.39, 0.29) is 11.2 Å². The molecule has 0 radical (unpaired) electrons. The van der Waals surface area contributed by atoms with Crippen molar-refractivity contribution >= 4 is 35.5 Å². The third kappa shape index (κ3) is 5.25. The van der Waals surface area contributed by atoms with Crippen molar-refractivity contribution in [2.75, 3.05) is 0 Å². The summed E-state index contributed by atoms with van der Waals surface area (Å²) in [7, 11) is 0. The van der Waals surface area contributed by atoms with E-state index in [0.717, 1.165) is 10.5 Å². The third-order valence-corrected chi connectivity index (χ3v) is 4.01. The van der Waals surface area contributed by atoms with E-state index in [1.807, 2.05) is 49.4 Å². The lowest BCUT2D eigenvalue weighted by Gasteiger charge is -2.08. The largest absolute Gasteiger partial charge is 0.272 e. The second kappa shape index (κ2) is 7.86. The zero-order valence-corrected chi connectivity index (χ0v) is 13.1. The van der Waals surface area contributed by atoms with Crippen LogP contribution in [0.4, 0.5) is 0 Å². The van der Waals surface area contributed by atoms with Gasteiger partial charge in [0.1, 0.15) is 0 Å². The van der Waals surface area contributed by atoms with Gasteiger partial charge in [0.05, 0.1) is 11.5 Å². The number of hydrazone groups is 1. The summed E-state index contributed by atoms with van der Waals surface area (Å²) in [6, 6.07) is 17.1. The lowest BCUT2D eigenvalue weighted by Crippen LogP contribution is -2.26. The maximum absolute atomic E-state index is 11.9. The number of thioether (sulfide) groups is 1. The highest BCUT2D eigenvalue weighted by molar-refractivity contribution is 8.00. The van der Waals surface area contributed by atoms with E-state index in [0.29, 0.717) is 5.02 Å². The fraction of sp³-hybridized carbons (Fsp3) is 0.125. The molecule has 0 saturated heterocycles. The van der Waals surface area contributed by atoms with E-state index in [2.05, 4.69) is 10.5 Å². The van der Waals surface area contributed by atoms with Gasteiger partial charge >= 0.3 is 0 Å². The smallest absolute Gasteiger partial charge is 0.253 e. The Kier molecular flexibility index (Phi) is 5.84. The Bertz CT molecular complexity index is 631. The van der Waals surface area contributed by atoms with Crippen LogP contribution in [0.3, 0.4) is 0 Å². The van der Waals surface area contributed by atoms with E-state index in [1.54, 1.807) is 18.3 Å². The van der Waals surface area contributed by atoms with E-state index >= 15 is 0 Å².